The third-order valence-electron chi connectivity index (χ3n) is 4.13. The molecule has 2 nitrogen and oxygen atoms in total. The fourth-order valence-electron chi connectivity index (χ4n) is 3.47. The number of fused-ring (bicyclic) bond motifs is 2. The summed E-state index contributed by atoms with van der Waals surface area (Å²) in [6.07, 6.45) is 2.42. The molecule has 0 aromatic heterocycles. The van der Waals surface area contributed by atoms with Crippen LogP contribution < -0.4 is 11.1 Å². The molecule has 2 heterocycles. The van der Waals surface area contributed by atoms with Crippen LogP contribution in [0.25, 0.3) is 0 Å². The summed E-state index contributed by atoms with van der Waals surface area (Å²) in [6, 6.07) is 8.03. The van der Waals surface area contributed by atoms with Crippen LogP contribution >= 0.6 is 0 Å². The van der Waals surface area contributed by atoms with Crippen molar-refractivity contribution in [1.29, 1.82) is 0 Å². The van der Waals surface area contributed by atoms with Crippen molar-refractivity contribution in [3.05, 3.63) is 35.6 Å². The minimum atomic E-state index is -0.143. The Bertz CT molecular complexity index is 393. The quantitative estimate of drug-likeness (QED) is 0.794. The first-order chi connectivity index (χ1) is 7.79. The molecule has 2 saturated heterocycles. The molecule has 2 bridgehead atoms. The highest BCUT2D eigenvalue weighted by atomic mass is 19.1. The first kappa shape index (κ1) is 10.2. The molecule has 16 heavy (non-hydrogen) atoms. The second kappa shape index (κ2) is 3.82. The number of benzene rings is 1. The van der Waals surface area contributed by atoms with Gasteiger partial charge in [-0.25, -0.2) is 4.39 Å². The molecule has 4 atom stereocenters. The summed E-state index contributed by atoms with van der Waals surface area (Å²) in [5.41, 5.74) is 6.96. The van der Waals surface area contributed by atoms with Crippen LogP contribution in [0.2, 0.25) is 0 Å². The summed E-state index contributed by atoms with van der Waals surface area (Å²) < 4.78 is 13.2. The molecule has 0 saturated carbocycles. The van der Waals surface area contributed by atoms with Gasteiger partial charge in [-0.2, -0.15) is 0 Å². The summed E-state index contributed by atoms with van der Waals surface area (Å²) in [5.74, 6) is 0.732. The molecule has 2 aliphatic rings. The van der Waals surface area contributed by atoms with E-state index in [1.165, 1.54) is 18.9 Å². The highest BCUT2D eigenvalue weighted by Crippen LogP contribution is 2.44. The van der Waals surface area contributed by atoms with E-state index in [1.54, 1.807) is 12.1 Å². The summed E-state index contributed by atoms with van der Waals surface area (Å²) in [7, 11) is 0. The summed E-state index contributed by atoms with van der Waals surface area (Å²) in [5, 5.41) is 3.59. The second-order valence-corrected chi connectivity index (χ2v) is 4.94. The lowest BCUT2D eigenvalue weighted by atomic mass is 9.75. The van der Waals surface area contributed by atoms with E-state index < -0.39 is 0 Å². The van der Waals surface area contributed by atoms with Crippen molar-refractivity contribution in [2.24, 2.45) is 11.7 Å². The standard InChI is InChI=1S/C13H17FN2/c14-9-3-1-2-8(6-9)13-10(7-15)11-4-5-12(13)16-11/h1-3,6,10-13,16H,4-5,7,15H2. The molecule has 4 unspecified atom stereocenters. The smallest absolute Gasteiger partial charge is 0.123 e. The van der Waals surface area contributed by atoms with E-state index in [9.17, 15) is 4.39 Å². The molecule has 0 amide bonds. The molecule has 2 fully saturated rings. The van der Waals surface area contributed by atoms with E-state index >= 15 is 0 Å². The van der Waals surface area contributed by atoms with Crippen molar-refractivity contribution in [1.82, 2.24) is 5.32 Å². The molecule has 0 spiro atoms. The van der Waals surface area contributed by atoms with Crippen LogP contribution in [0.5, 0.6) is 0 Å². The maximum atomic E-state index is 13.2. The summed E-state index contributed by atoms with van der Waals surface area (Å²) in [6.45, 7) is 0.690. The lowest BCUT2D eigenvalue weighted by Gasteiger charge is -2.28. The molecule has 3 N–H and O–H groups in total. The number of halogens is 1. The fourth-order valence-corrected chi connectivity index (χ4v) is 3.47. The first-order valence-electron chi connectivity index (χ1n) is 6.01. The zero-order chi connectivity index (χ0) is 11.1. The topological polar surface area (TPSA) is 38.0 Å². The van der Waals surface area contributed by atoms with E-state index in [-0.39, 0.29) is 5.82 Å². The number of rotatable bonds is 2. The van der Waals surface area contributed by atoms with Crippen molar-refractivity contribution in [2.45, 2.75) is 30.8 Å². The van der Waals surface area contributed by atoms with Gasteiger partial charge in [0.2, 0.25) is 0 Å². The van der Waals surface area contributed by atoms with E-state index in [4.69, 9.17) is 5.73 Å². The molecule has 3 heteroatoms. The predicted molar refractivity (Wildman–Crippen MR) is 61.6 cm³/mol. The normalized spacial score (nSPS) is 36.9. The maximum absolute atomic E-state index is 13.2. The Morgan fingerprint density at radius 1 is 1.31 bits per heavy atom. The van der Waals surface area contributed by atoms with E-state index in [2.05, 4.69) is 5.32 Å². The van der Waals surface area contributed by atoms with Gasteiger partial charge in [-0.1, -0.05) is 12.1 Å². The lowest BCUT2D eigenvalue weighted by Crippen LogP contribution is -2.31. The molecule has 1 aromatic carbocycles. The Balaban J connectivity index is 1.94. The molecule has 3 rings (SSSR count). The van der Waals surface area contributed by atoms with Crippen molar-refractivity contribution in [3.8, 4) is 0 Å². The third kappa shape index (κ3) is 1.46. The van der Waals surface area contributed by atoms with Crippen LogP contribution in [0.3, 0.4) is 0 Å². The molecule has 0 radical (unpaired) electrons. The Labute approximate surface area is 95.0 Å². The van der Waals surface area contributed by atoms with Gasteiger partial charge >= 0.3 is 0 Å². The van der Waals surface area contributed by atoms with Crippen LogP contribution in [0.1, 0.15) is 24.3 Å². The number of hydrogen-bond acceptors (Lipinski definition) is 2. The predicted octanol–water partition coefficient (Wildman–Crippen LogP) is 1.62. The summed E-state index contributed by atoms with van der Waals surface area (Å²) >= 11 is 0. The van der Waals surface area contributed by atoms with Gasteiger partial charge in [0.15, 0.2) is 0 Å². The van der Waals surface area contributed by atoms with Crippen molar-refractivity contribution < 1.29 is 4.39 Å². The van der Waals surface area contributed by atoms with Gasteiger partial charge in [0.05, 0.1) is 0 Å². The molecular weight excluding hydrogens is 203 g/mol. The number of nitrogens with two attached hydrogens (primary N) is 1. The van der Waals surface area contributed by atoms with Gasteiger partial charge in [0, 0.05) is 18.0 Å². The molecular formula is C13H17FN2. The fraction of sp³-hybridized carbons (Fsp3) is 0.538. The highest BCUT2D eigenvalue weighted by Gasteiger charge is 2.46. The largest absolute Gasteiger partial charge is 0.330 e. The molecule has 2 aliphatic heterocycles. The monoisotopic (exact) mass is 220 g/mol. The minimum Gasteiger partial charge on any atom is -0.330 e. The van der Waals surface area contributed by atoms with Gasteiger partial charge in [-0.3, -0.25) is 0 Å². The maximum Gasteiger partial charge on any atom is 0.123 e. The van der Waals surface area contributed by atoms with Gasteiger partial charge < -0.3 is 11.1 Å². The Morgan fingerprint density at radius 2 is 2.12 bits per heavy atom. The zero-order valence-corrected chi connectivity index (χ0v) is 9.20. The van der Waals surface area contributed by atoms with Crippen LogP contribution in [0.15, 0.2) is 24.3 Å². The van der Waals surface area contributed by atoms with E-state index in [0.717, 1.165) is 5.56 Å². The van der Waals surface area contributed by atoms with Crippen LogP contribution in [-0.4, -0.2) is 18.6 Å². The zero-order valence-electron chi connectivity index (χ0n) is 9.20. The number of hydrogen-bond donors (Lipinski definition) is 2. The van der Waals surface area contributed by atoms with E-state index in [0.29, 0.717) is 30.5 Å². The minimum absolute atomic E-state index is 0.143. The molecule has 1 aromatic rings. The number of nitrogens with one attached hydrogen (secondary N) is 1. The van der Waals surface area contributed by atoms with Gasteiger partial charge in [0.25, 0.3) is 0 Å². The van der Waals surface area contributed by atoms with Crippen LogP contribution in [0.4, 0.5) is 4.39 Å². The SMILES string of the molecule is NCC1C2CCC(N2)C1c1cccc(F)c1. The molecule has 86 valence electrons. The van der Waals surface area contributed by atoms with Crippen molar-refractivity contribution in [3.63, 3.8) is 0 Å². The Morgan fingerprint density at radius 3 is 2.88 bits per heavy atom. The summed E-state index contributed by atoms with van der Waals surface area (Å²) in [4.78, 5) is 0. The molecule has 0 aliphatic carbocycles. The average Bonchev–Trinajstić information content (AvgIpc) is 2.88. The van der Waals surface area contributed by atoms with Gasteiger partial charge in [-0.15, -0.1) is 0 Å². The average molecular weight is 220 g/mol. The van der Waals surface area contributed by atoms with E-state index in [1.807, 2.05) is 6.07 Å². The van der Waals surface area contributed by atoms with Crippen LogP contribution in [-0.2, 0) is 0 Å². The first-order valence-corrected chi connectivity index (χ1v) is 6.01. The van der Waals surface area contributed by atoms with Crippen molar-refractivity contribution >= 4 is 0 Å². The van der Waals surface area contributed by atoms with Gasteiger partial charge in [-0.05, 0) is 43.0 Å². The Hall–Kier alpha value is -0.930. The second-order valence-electron chi connectivity index (χ2n) is 4.94. The van der Waals surface area contributed by atoms with Crippen molar-refractivity contribution in [2.75, 3.05) is 6.54 Å². The van der Waals surface area contributed by atoms with Crippen LogP contribution in [0, 0.1) is 11.7 Å². The van der Waals surface area contributed by atoms with Gasteiger partial charge in [0.1, 0.15) is 5.82 Å². The third-order valence-corrected chi connectivity index (χ3v) is 4.13. The highest BCUT2D eigenvalue weighted by molar-refractivity contribution is 5.27. The Kier molecular flexibility index (Phi) is 2.45. The lowest BCUT2D eigenvalue weighted by molar-refractivity contribution is 0.365.